The number of ether oxygens (including phenoxy) is 2. The van der Waals surface area contributed by atoms with Crippen molar-refractivity contribution >= 4 is 28.5 Å². The van der Waals surface area contributed by atoms with Gasteiger partial charge in [-0.1, -0.05) is 6.07 Å². The van der Waals surface area contributed by atoms with E-state index >= 15 is 0 Å². The van der Waals surface area contributed by atoms with Gasteiger partial charge < -0.3 is 10.5 Å². The zero-order valence-corrected chi connectivity index (χ0v) is 23.4. The third kappa shape index (κ3) is 6.01. The molecule has 0 radical (unpaired) electrons. The molecule has 2 amide bonds. The first-order chi connectivity index (χ1) is 21.2. The van der Waals surface area contributed by atoms with Gasteiger partial charge in [0.15, 0.2) is 11.4 Å². The Kier molecular flexibility index (Phi) is 7.42. The molecule has 3 aromatic heterocycles. The highest BCUT2D eigenvalue weighted by atomic mass is 19.4. The number of nitrogens with zero attached hydrogens (tertiary/aromatic N) is 5. The van der Waals surface area contributed by atoms with Crippen molar-refractivity contribution in [2.75, 3.05) is 11.5 Å². The van der Waals surface area contributed by atoms with Gasteiger partial charge in [-0.2, -0.15) is 13.9 Å². The molecule has 10 nitrogen and oxygen atoms in total. The number of primary amides is 1. The van der Waals surface area contributed by atoms with Crippen LogP contribution < -0.4 is 15.4 Å². The Balaban J connectivity index is 1.49. The molecule has 4 heterocycles. The summed E-state index contributed by atoms with van der Waals surface area (Å²) in [4.78, 5) is 34.8. The predicted molar refractivity (Wildman–Crippen MR) is 146 cm³/mol. The fourth-order valence-corrected chi connectivity index (χ4v) is 5.26. The van der Waals surface area contributed by atoms with Crippen molar-refractivity contribution in [3.8, 4) is 16.9 Å². The van der Waals surface area contributed by atoms with E-state index in [1.165, 1.54) is 42.1 Å². The van der Waals surface area contributed by atoms with Crippen LogP contribution in [0.15, 0.2) is 42.7 Å². The van der Waals surface area contributed by atoms with Crippen LogP contribution in [0.2, 0.25) is 0 Å². The third-order valence-corrected chi connectivity index (χ3v) is 7.53. The Morgan fingerprint density at radius 2 is 1.96 bits per heavy atom. The number of pyridine rings is 2. The minimum atomic E-state index is -4.88. The van der Waals surface area contributed by atoms with Crippen molar-refractivity contribution in [2.45, 2.75) is 51.2 Å². The number of benzene rings is 1. The zero-order chi connectivity index (χ0) is 32.3. The van der Waals surface area contributed by atoms with E-state index in [2.05, 4.69) is 19.8 Å². The van der Waals surface area contributed by atoms with E-state index in [4.69, 9.17) is 10.5 Å². The van der Waals surface area contributed by atoms with Crippen molar-refractivity contribution in [1.82, 2.24) is 19.7 Å². The van der Waals surface area contributed by atoms with Gasteiger partial charge in [-0.05, 0) is 61.9 Å². The van der Waals surface area contributed by atoms with Crippen LogP contribution in [0, 0.1) is 11.7 Å². The number of fused-ring (bicyclic) bond motifs is 2. The Labute approximate surface area is 250 Å². The second kappa shape index (κ2) is 11.0. The van der Waals surface area contributed by atoms with Gasteiger partial charge in [0.2, 0.25) is 0 Å². The van der Waals surface area contributed by atoms with Crippen molar-refractivity contribution in [2.24, 2.45) is 11.7 Å². The third-order valence-electron chi connectivity index (χ3n) is 7.53. The number of rotatable bonds is 9. The number of alkyl halides is 5. The largest absolute Gasteiger partial charge is 0.522 e. The molecule has 1 atom stereocenters. The Hall–Kier alpha value is -4.73. The van der Waals surface area contributed by atoms with Crippen molar-refractivity contribution in [3.05, 3.63) is 65.5 Å². The first-order valence-corrected chi connectivity index (χ1v) is 13.8. The quantitative estimate of drug-likeness (QED) is 0.248. The van der Waals surface area contributed by atoms with Crippen LogP contribution in [0.1, 0.15) is 47.6 Å². The fourth-order valence-electron chi connectivity index (χ4n) is 5.26. The number of aromatic nitrogens is 4. The number of carbonyl (C=O) groups is 2. The van der Waals surface area contributed by atoms with Crippen LogP contribution in [-0.4, -0.2) is 50.6 Å². The lowest BCUT2D eigenvalue weighted by molar-refractivity contribution is -0.327. The molecule has 45 heavy (non-hydrogen) atoms. The molecule has 1 saturated carbocycles. The fraction of sp³-hybridized carbons (Fsp3) is 0.345. The number of carbonyl (C=O) groups excluding carboxylic acids is 2. The lowest BCUT2D eigenvalue weighted by Gasteiger charge is -2.33. The molecule has 0 unspecified atom stereocenters. The zero-order valence-electron chi connectivity index (χ0n) is 23.4. The Morgan fingerprint density at radius 1 is 1.20 bits per heavy atom. The summed E-state index contributed by atoms with van der Waals surface area (Å²) >= 11 is 0. The average Bonchev–Trinajstić information content (AvgIpc) is 3.69. The Morgan fingerprint density at radius 3 is 2.60 bits per heavy atom. The normalized spacial score (nSPS) is 16.9. The highest BCUT2D eigenvalue weighted by Crippen LogP contribution is 2.45. The van der Waals surface area contributed by atoms with Gasteiger partial charge in [0.05, 0.1) is 54.2 Å². The SMILES string of the molecule is C[C@@H](COC(F)(F)F)n1ncc2c(-c3ccc4c(c3)OC(F)(F)C(=O)N4Cc3ccc(F)cn3)c(C(N)=O)c(CC3CC3)nc21. The van der Waals surface area contributed by atoms with E-state index in [0.717, 1.165) is 30.0 Å². The minimum Gasteiger partial charge on any atom is -0.423 e. The molecule has 2 N–H and O–H groups in total. The monoisotopic (exact) mass is 634 g/mol. The predicted octanol–water partition coefficient (Wildman–Crippen LogP) is 5.30. The molecular weight excluding hydrogens is 610 g/mol. The van der Waals surface area contributed by atoms with E-state index in [0.29, 0.717) is 6.42 Å². The number of nitrogens with two attached hydrogens (primary N) is 1. The second-order valence-electron chi connectivity index (χ2n) is 10.9. The molecule has 0 spiro atoms. The van der Waals surface area contributed by atoms with Gasteiger partial charge in [0.1, 0.15) is 5.82 Å². The first kappa shape index (κ1) is 30.3. The van der Waals surface area contributed by atoms with Gasteiger partial charge in [0.25, 0.3) is 5.91 Å². The summed E-state index contributed by atoms with van der Waals surface area (Å²) in [5.41, 5.74) is 6.67. The lowest BCUT2D eigenvalue weighted by atomic mass is 9.93. The minimum absolute atomic E-state index is 0.000825. The van der Waals surface area contributed by atoms with Crippen molar-refractivity contribution in [3.63, 3.8) is 0 Å². The van der Waals surface area contributed by atoms with E-state index < -0.39 is 55.0 Å². The standard InChI is InChI=1S/C29H24F6N6O4/c1-14(13-44-29(33,34)35)41-26-19(11-38-41)23(24(25(36)42)20(39-26)8-15-2-3-15)16-4-7-21-22(9-16)45-28(31,32)27(43)40(21)12-18-6-5-17(30)10-37-18/h4-7,9-11,14-15H,2-3,8,12-13H2,1H3,(H2,36,42)/t14-/m0/s1. The van der Waals surface area contributed by atoms with Crippen LogP contribution in [-0.2, 0) is 22.5 Å². The van der Waals surface area contributed by atoms with Crippen LogP contribution in [0.5, 0.6) is 5.75 Å². The van der Waals surface area contributed by atoms with Crippen LogP contribution in [0.3, 0.4) is 0 Å². The number of hydrogen-bond donors (Lipinski definition) is 1. The molecule has 236 valence electrons. The smallest absolute Gasteiger partial charge is 0.423 e. The van der Waals surface area contributed by atoms with Gasteiger partial charge in [0, 0.05) is 10.9 Å². The van der Waals surface area contributed by atoms with Crippen LogP contribution in [0.4, 0.5) is 32.0 Å². The molecule has 1 aliphatic heterocycles. The summed E-state index contributed by atoms with van der Waals surface area (Å²) in [7, 11) is 0. The number of anilines is 1. The molecule has 0 bridgehead atoms. The van der Waals surface area contributed by atoms with Crippen molar-refractivity contribution < 1.29 is 45.4 Å². The van der Waals surface area contributed by atoms with Crippen LogP contribution in [0.25, 0.3) is 22.2 Å². The molecular formula is C29H24F6N6O4. The maximum absolute atomic E-state index is 14.9. The molecule has 16 heteroatoms. The van der Waals surface area contributed by atoms with Gasteiger partial charge in [-0.25, -0.2) is 14.1 Å². The molecule has 1 aliphatic carbocycles. The van der Waals surface area contributed by atoms with E-state index in [9.17, 15) is 35.9 Å². The highest BCUT2D eigenvalue weighted by molar-refractivity contribution is 6.09. The number of amides is 2. The van der Waals surface area contributed by atoms with E-state index in [1.807, 2.05) is 0 Å². The van der Waals surface area contributed by atoms with Gasteiger partial charge in [-0.15, -0.1) is 13.2 Å². The topological polar surface area (TPSA) is 125 Å². The highest BCUT2D eigenvalue weighted by Gasteiger charge is 2.50. The number of hydrogen-bond acceptors (Lipinski definition) is 7. The lowest BCUT2D eigenvalue weighted by Crippen LogP contribution is -2.50. The van der Waals surface area contributed by atoms with E-state index in [1.54, 1.807) is 0 Å². The molecule has 4 aromatic rings. The van der Waals surface area contributed by atoms with Crippen LogP contribution >= 0.6 is 0 Å². The Bertz CT molecular complexity index is 1810. The van der Waals surface area contributed by atoms with E-state index in [-0.39, 0.29) is 50.7 Å². The summed E-state index contributed by atoms with van der Waals surface area (Å²) in [5.74, 6) is -3.39. The summed E-state index contributed by atoms with van der Waals surface area (Å²) in [6.45, 7) is 0.243. The van der Waals surface area contributed by atoms with Gasteiger partial charge in [-0.3, -0.25) is 24.2 Å². The molecule has 1 aromatic carbocycles. The summed E-state index contributed by atoms with van der Waals surface area (Å²) in [5, 5.41) is 4.44. The maximum atomic E-state index is 14.9. The maximum Gasteiger partial charge on any atom is 0.522 e. The van der Waals surface area contributed by atoms with Crippen molar-refractivity contribution in [1.29, 1.82) is 0 Å². The number of halogens is 6. The molecule has 0 saturated heterocycles. The second-order valence-corrected chi connectivity index (χ2v) is 10.9. The summed E-state index contributed by atoms with van der Waals surface area (Å²) in [6.07, 6.45) is -4.89. The summed E-state index contributed by atoms with van der Waals surface area (Å²) in [6, 6.07) is 5.38. The average molecular weight is 635 g/mol. The summed E-state index contributed by atoms with van der Waals surface area (Å²) < 4.78 is 91.4. The molecule has 2 aliphatic rings. The molecule has 1 fully saturated rings. The van der Waals surface area contributed by atoms with Gasteiger partial charge >= 0.3 is 18.4 Å². The first-order valence-electron chi connectivity index (χ1n) is 13.8. The molecule has 6 rings (SSSR count).